The Morgan fingerprint density at radius 2 is 1.94 bits per heavy atom. The molecule has 5 heteroatoms. The first-order valence-corrected chi connectivity index (χ1v) is 7.67. The van der Waals surface area contributed by atoms with Gasteiger partial charge in [-0.15, -0.1) is 0 Å². The SMILES string of the molecule is CCCc1nc(CCOCC)nc(NCC)c1I. The maximum Gasteiger partial charge on any atom is 0.143 e. The summed E-state index contributed by atoms with van der Waals surface area (Å²) in [6.45, 7) is 8.56. The van der Waals surface area contributed by atoms with E-state index in [9.17, 15) is 0 Å². The lowest BCUT2D eigenvalue weighted by atomic mass is 10.2. The zero-order valence-corrected chi connectivity index (χ0v) is 13.6. The van der Waals surface area contributed by atoms with Crippen molar-refractivity contribution in [1.82, 2.24) is 9.97 Å². The molecule has 0 spiro atoms. The molecular formula is C13H22IN3O. The number of nitrogens with one attached hydrogen (secondary N) is 1. The standard InChI is InChI=1S/C13H22IN3O/c1-4-7-10-12(14)13(15-5-2)17-11(16-10)8-9-18-6-3/h4-9H2,1-3H3,(H,15,16,17). The van der Waals surface area contributed by atoms with Gasteiger partial charge in [0.05, 0.1) is 15.9 Å². The molecule has 0 fully saturated rings. The third-order valence-electron chi connectivity index (χ3n) is 2.47. The van der Waals surface area contributed by atoms with Gasteiger partial charge in [-0.25, -0.2) is 9.97 Å². The summed E-state index contributed by atoms with van der Waals surface area (Å²) in [4.78, 5) is 9.21. The van der Waals surface area contributed by atoms with Gasteiger partial charge in [0.15, 0.2) is 0 Å². The average Bonchev–Trinajstić information content (AvgIpc) is 2.35. The number of rotatable bonds is 8. The highest BCUT2D eigenvalue weighted by Crippen LogP contribution is 2.20. The minimum Gasteiger partial charge on any atom is -0.381 e. The highest BCUT2D eigenvalue weighted by molar-refractivity contribution is 14.1. The van der Waals surface area contributed by atoms with Crippen molar-refractivity contribution in [3.63, 3.8) is 0 Å². The molecule has 4 nitrogen and oxygen atoms in total. The molecule has 0 saturated heterocycles. The van der Waals surface area contributed by atoms with Gasteiger partial charge in [-0.3, -0.25) is 0 Å². The summed E-state index contributed by atoms with van der Waals surface area (Å²) in [5.41, 5.74) is 1.15. The first-order chi connectivity index (χ1) is 8.72. The third-order valence-corrected chi connectivity index (χ3v) is 3.60. The second-order valence-corrected chi connectivity index (χ2v) is 5.06. The van der Waals surface area contributed by atoms with E-state index in [2.05, 4.69) is 51.7 Å². The molecule has 0 aliphatic rings. The van der Waals surface area contributed by atoms with Crippen molar-refractivity contribution < 1.29 is 4.74 Å². The molecule has 0 amide bonds. The maximum absolute atomic E-state index is 5.37. The highest BCUT2D eigenvalue weighted by atomic mass is 127. The van der Waals surface area contributed by atoms with Crippen LogP contribution in [0.3, 0.4) is 0 Å². The smallest absolute Gasteiger partial charge is 0.143 e. The number of anilines is 1. The lowest BCUT2D eigenvalue weighted by molar-refractivity contribution is 0.149. The van der Waals surface area contributed by atoms with Crippen LogP contribution in [0.4, 0.5) is 5.82 Å². The Hall–Kier alpha value is -0.430. The van der Waals surface area contributed by atoms with Gasteiger partial charge in [0.25, 0.3) is 0 Å². The Kier molecular flexibility index (Phi) is 7.50. The summed E-state index contributed by atoms with van der Waals surface area (Å²) in [6.07, 6.45) is 2.88. The second-order valence-electron chi connectivity index (χ2n) is 3.98. The van der Waals surface area contributed by atoms with Gasteiger partial charge >= 0.3 is 0 Å². The number of aromatic nitrogens is 2. The van der Waals surface area contributed by atoms with Crippen molar-refractivity contribution >= 4 is 28.4 Å². The van der Waals surface area contributed by atoms with Crippen molar-refractivity contribution in [2.45, 2.75) is 40.0 Å². The zero-order valence-electron chi connectivity index (χ0n) is 11.4. The highest BCUT2D eigenvalue weighted by Gasteiger charge is 2.11. The number of hydrogen-bond acceptors (Lipinski definition) is 4. The second kappa shape index (κ2) is 8.63. The molecule has 1 N–H and O–H groups in total. The van der Waals surface area contributed by atoms with E-state index in [1.807, 2.05) is 6.92 Å². The van der Waals surface area contributed by atoms with Gasteiger partial charge < -0.3 is 10.1 Å². The predicted molar refractivity (Wildman–Crippen MR) is 83.1 cm³/mol. The first-order valence-electron chi connectivity index (χ1n) is 6.59. The van der Waals surface area contributed by atoms with Gasteiger partial charge in [0.1, 0.15) is 11.6 Å². The molecule has 0 unspecified atom stereocenters. The van der Waals surface area contributed by atoms with Crippen LogP contribution in [-0.2, 0) is 17.6 Å². The minimum atomic E-state index is 0.689. The summed E-state index contributed by atoms with van der Waals surface area (Å²) >= 11 is 2.33. The average molecular weight is 363 g/mol. The van der Waals surface area contributed by atoms with E-state index < -0.39 is 0 Å². The molecule has 1 aromatic heterocycles. The van der Waals surface area contributed by atoms with Crippen LogP contribution >= 0.6 is 22.6 Å². The van der Waals surface area contributed by atoms with Gasteiger partial charge in [-0.2, -0.15) is 0 Å². The van der Waals surface area contributed by atoms with E-state index >= 15 is 0 Å². The van der Waals surface area contributed by atoms with Gasteiger partial charge in [-0.05, 0) is 42.9 Å². The number of halogens is 1. The van der Waals surface area contributed by atoms with Crippen LogP contribution in [0.25, 0.3) is 0 Å². The van der Waals surface area contributed by atoms with Crippen LogP contribution in [-0.4, -0.2) is 29.7 Å². The van der Waals surface area contributed by atoms with Gasteiger partial charge in [-0.1, -0.05) is 13.3 Å². The molecule has 18 heavy (non-hydrogen) atoms. The summed E-state index contributed by atoms with van der Waals surface area (Å²) in [5, 5.41) is 3.31. The summed E-state index contributed by atoms with van der Waals surface area (Å²) in [6, 6.07) is 0. The molecule has 1 rings (SSSR count). The molecule has 0 saturated carbocycles. The van der Waals surface area contributed by atoms with Crippen LogP contribution in [0.5, 0.6) is 0 Å². The van der Waals surface area contributed by atoms with Crippen molar-refractivity contribution in [1.29, 1.82) is 0 Å². The first kappa shape index (κ1) is 15.6. The maximum atomic E-state index is 5.37. The molecule has 0 aromatic carbocycles. The number of aryl methyl sites for hydroxylation is 1. The lowest BCUT2D eigenvalue weighted by Crippen LogP contribution is -2.11. The Morgan fingerprint density at radius 3 is 2.56 bits per heavy atom. The Balaban J connectivity index is 2.88. The minimum absolute atomic E-state index is 0.689. The number of nitrogens with zero attached hydrogens (tertiary/aromatic N) is 2. The van der Waals surface area contributed by atoms with Crippen LogP contribution in [0.1, 0.15) is 38.7 Å². The fourth-order valence-corrected chi connectivity index (χ4v) is 2.35. The molecule has 0 aliphatic carbocycles. The monoisotopic (exact) mass is 363 g/mol. The van der Waals surface area contributed by atoms with Crippen molar-refractivity contribution in [3.8, 4) is 0 Å². The predicted octanol–water partition coefficient (Wildman–Crippen LogP) is 3.04. The normalized spacial score (nSPS) is 10.7. The molecule has 0 bridgehead atoms. The molecule has 0 atom stereocenters. The Bertz CT molecular complexity index is 344. The molecular weight excluding hydrogens is 341 g/mol. The van der Waals surface area contributed by atoms with Crippen molar-refractivity contribution in [3.05, 3.63) is 15.1 Å². The third kappa shape index (κ3) is 4.68. The van der Waals surface area contributed by atoms with Gasteiger partial charge in [0, 0.05) is 19.6 Å². The number of hydrogen-bond donors (Lipinski definition) is 1. The topological polar surface area (TPSA) is 47.0 Å². The molecule has 1 aromatic rings. The van der Waals surface area contributed by atoms with E-state index in [1.165, 1.54) is 0 Å². The van der Waals surface area contributed by atoms with Crippen LogP contribution in [0.2, 0.25) is 0 Å². The van der Waals surface area contributed by atoms with E-state index in [4.69, 9.17) is 4.74 Å². The van der Waals surface area contributed by atoms with Crippen LogP contribution in [0, 0.1) is 3.57 Å². The van der Waals surface area contributed by atoms with E-state index in [0.717, 1.165) is 53.3 Å². The fraction of sp³-hybridized carbons (Fsp3) is 0.692. The van der Waals surface area contributed by atoms with Crippen LogP contribution < -0.4 is 5.32 Å². The summed E-state index contributed by atoms with van der Waals surface area (Å²) in [7, 11) is 0. The summed E-state index contributed by atoms with van der Waals surface area (Å²) in [5.74, 6) is 1.84. The van der Waals surface area contributed by atoms with E-state index in [1.54, 1.807) is 0 Å². The molecule has 0 radical (unpaired) electrons. The quantitative estimate of drug-likeness (QED) is 0.570. The Morgan fingerprint density at radius 1 is 1.17 bits per heavy atom. The molecule has 102 valence electrons. The van der Waals surface area contributed by atoms with E-state index in [0.29, 0.717) is 6.61 Å². The Labute approximate surface area is 123 Å². The fourth-order valence-electron chi connectivity index (χ4n) is 1.65. The van der Waals surface area contributed by atoms with Crippen molar-refractivity contribution in [2.24, 2.45) is 0 Å². The number of ether oxygens (including phenoxy) is 1. The van der Waals surface area contributed by atoms with Crippen molar-refractivity contribution in [2.75, 3.05) is 25.1 Å². The largest absolute Gasteiger partial charge is 0.381 e. The lowest BCUT2D eigenvalue weighted by Gasteiger charge is -2.11. The molecule has 1 heterocycles. The zero-order chi connectivity index (χ0) is 13.4. The van der Waals surface area contributed by atoms with Gasteiger partial charge in [0.2, 0.25) is 0 Å². The summed E-state index contributed by atoms with van der Waals surface area (Å²) < 4.78 is 6.51. The molecule has 0 aliphatic heterocycles. The van der Waals surface area contributed by atoms with E-state index in [-0.39, 0.29) is 0 Å². The van der Waals surface area contributed by atoms with Crippen LogP contribution in [0.15, 0.2) is 0 Å².